The number of carbonyl (C=O) groups is 3. The van der Waals surface area contributed by atoms with Gasteiger partial charge in [-0.2, -0.15) is 0 Å². The molecular formula is C21H33N3O5. The number of Topliss-reactive ketones (excluding diaryl/α,β-unsaturated/α-hetero) is 1. The highest BCUT2D eigenvalue weighted by atomic mass is 16.5. The highest BCUT2D eigenvalue weighted by Crippen LogP contribution is 2.32. The molecule has 0 saturated carbocycles. The Bertz CT molecular complexity index is 740. The minimum absolute atomic E-state index is 0.000837. The predicted molar refractivity (Wildman–Crippen MR) is 109 cm³/mol. The lowest BCUT2D eigenvalue weighted by Gasteiger charge is -2.30. The summed E-state index contributed by atoms with van der Waals surface area (Å²) in [7, 11) is 3.89. The minimum atomic E-state index is -1.04. The molecule has 3 unspecified atom stereocenters. The molecule has 1 amide bonds. The van der Waals surface area contributed by atoms with E-state index in [1.54, 1.807) is 10.8 Å². The average molecular weight is 408 g/mol. The summed E-state index contributed by atoms with van der Waals surface area (Å²) in [5, 5.41) is 12.1. The van der Waals surface area contributed by atoms with E-state index in [1.165, 1.54) is 12.3 Å². The van der Waals surface area contributed by atoms with E-state index in [0.717, 1.165) is 13.0 Å². The second-order valence-electron chi connectivity index (χ2n) is 8.78. The zero-order valence-electron chi connectivity index (χ0n) is 18.0. The first kappa shape index (κ1) is 23.1. The number of carboxylic acid groups (broad SMARTS) is 1. The second-order valence-corrected chi connectivity index (χ2v) is 8.78. The van der Waals surface area contributed by atoms with Gasteiger partial charge in [-0.3, -0.25) is 9.59 Å². The minimum Gasteiger partial charge on any atom is -0.478 e. The van der Waals surface area contributed by atoms with Crippen LogP contribution in [-0.2, 0) is 14.3 Å². The molecule has 0 aliphatic carbocycles. The van der Waals surface area contributed by atoms with Crippen LogP contribution in [0.1, 0.15) is 56.4 Å². The Kier molecular flexibility index (Phi) is 7.60. The summed E-state index contributed by atoms with van der Waals surface area (Å²) in [6.07, 6.45) is 4.74. The third kappa shape index (κ3) is 6.14. The van der Waals surface area contributed by atoms with Crippen molar-refractivity contribution in [3.8, 4) is 0 Å². The van der Waals surface area contributed by atoms with Crippen LogP contribution in [0.3, 0.4) is 0 Å². The molecule has 8 nitrogen and oxygen atoms in total. The molecule has 29 heavy (non-hydrogen) atoms. The molecule has 0 aromatic carbocycles. The topological polar surface area (TPSA) is 101 Å². The molecular weight excluding hydrogens is 374 g/mol. The van der Waals surface area contributed by atoms with Crippen molar-refractivity contribution in [3.63, 3.8) is 0 Å². The Hall–Kier alpha value is -2.19. The maximum absolute atomic E-state index is 13.2. The largest absolute Gasteiger partial charge is 0.478 e. The van der Waals surface area contributed by atoms with Crippen LogP contribution < -0.4 is 5.32 Å². The van der Waals surface area contributed by atoms with Crippen molar-refractivity contribution >= 4 is 17.7 Å². The molecule has 1 aromatic rings. The van der Waals surface area contributed by atoms with Gasteiger partial charge in [0, 0.05) is 18.9 Å². The van der Waals surface area contributed by atoms with E-state index >= 15 is 0 Å². The summed E-state index contributed by atoms with van der Waals surface area (Å²) in [4.78, 5) is 38.8. The fourth-order valence-electron chi connectivity index (χ4n) is 3.38. The first-order valence-electron chi connectivity index (χ1n) is 10.0. The van der Waals surface area contributed by atoms with Crippen LogP contribution in [0.25, 0.3) is 0 Å². The number of nitrogens with zero attached hydrogens (tertiary/aromatic N) is 2. The van der Waals surface area contributed by atoms with Crippen molar-refractivity contribution in [2.75, 3.05) is 27.2 Å². The Morgan fingerprint density at radius 1 is 1.41 bits per heavy atom. The maximum Gasteiger partial charge on any atom is 0.337 e. The van der Waals surface area contributed by atoms with Crippen LogP contribution in [0, 0.1) is 5.41 Å². The van der Waals surface area contributed by atoms with E-state index in [0.29, 0.717) is 12.8 Å². The normalized spacial score (nSPS) is 20.8. The third-order valence-electron chi connectivity index (χ3n) is 5.64. The van der Waals surface area contributed by atoms with Gasteiger partial charge in [0.1, 0.15) is 18.7 Å². The number of hydrogen-bond acceptors (Lipinski definition) is 5. The van der Waals surface area contributed by atoms with Gasteiger partial charge in [-0.05, 0) is 38.4 Å². The van der Waals surface area contributed by atoms with Gasteiger partial charge < -0.3 is 24.6 Å². The predicted octanol–water partition coefficient (Wildman–Crippen LogP) is 1.96. The lowest BCUT2D eigenvalue weighted by molar-refractivity contribution is -0.129. The molecule has 8 heteroatoms. The molecule has 1 saturated heterocycles. The smallest absolute Gasteiger partial charge is 0.337 e. The molecule has 162 valence electrons. The van der Waals surface area contributed by atoms with Gasteiger partial charge in [0.15, 0.2) is 5.78 Å². The van der Waals surface area contributed by atoms with E-state index in [2.05, 4.69) is 26.1 Å². The van der Waals surface area contributed by atoms with Gasteiger partial charge in [-0.15, -0.1) is 0 Å². The SMILES string of the molecule is CCC(C)(C)CC(C(=O)NC1C(=O)COC1CCN(C)C)n1ccc(C(=O)O)c1. The zero-order valence-corrected chi connectivity index (χ0v) is 18.0. The van der Waals surface area contributed by atoms with Gasteiger partial charge in [0.2, 0.25) is 5.91 Å². The maximum atomic E-state index is 13.2. The van der Waals surface area contributed by atoms with Gasteiger partial charge in [-0.25, -0.2) is 4.79 Å². The first-order chi connectivity index (χ1) is 13.5. The van der Waals surface area contributed by atoms with E-state index in [9.17, 15) is 19.5 Å². The highest BCUT2D eigenvalue weighted by molar-refractivity contribution is 5.93. The van der Waals surface area contributed by atoms with Crippen LogP contribution in [0.4, 0.5) is 0 Å². The number of ketones is 1. The molecule has 2 N–H and O–H groups in total. The van der Waals surface area contributed by atoms with E-state index in [4.69, 9.17) is 4.74 Å². The van der Waals surface area contributed by atoms with Crippen molar-refractivity contribution in [1.82, 2.24) is 14.8 Å². The third-order valence-corrected chi connectivity index (χ3v) is 5.64. The molecule has 1 aliphatic rings. The average Bonchev–Trinajstić information content (AvgIpc) is 3.26. The van der Waals surface area contributed by atoms with E-state index in [-0.39, 0.29) is 35.4 Å². The zero-order chi connectivity index (χ0) is 21.8. The van der Waals surface area contributed by atoms with Crippen molar-refractivity contribution < 1.29 is 24.2 Å². The molecule has 1 aliphatic heterocycles. The lowest BCUT2D eigenvalue weighted by Crippen LogP contribution is -2.48. The van der Waals surface area contributed by atoms with Crippen LogP contribution in [-0.4, -0.2) is 71.6 Å². The van der Waals surface area contributed by atoms with E-state index in [1.807, 2.05) is 19.0 Å². The molecule has 1 aromatic heterocycles. The molecule has 3 atom stereocenters. The van der Waals surface area contributed by atoms with Crippen LogP contribution >= 0.6 is 0 Å². The van der Waals surface area contributed by atoms with Crippen molar-refractivity contribution in [2.45, 2.75) is 58.2 Å². The summed E-state index contributed by atoms with van der Waals surface area (Å²) in [5.74, 6) is -1.46. The van der Waals surface area contributed by atoms with Gasteiger partial charge in [0.25, 0.3) is 0 Å². The quantitative estimate of drug-likeness (QED) is 0.615. The van der Waals surface area contributed by atoms with E-state index < -0.39 is 18.1 Å². The van der Waals surface area contributed by atoms with Crippen LogP contribution in [0.5, 0.6) is 0 Å². The number of aromatic nitrogens is 1. The van der Waals surface area contributed by atoms with Crippen LogP contribution in [0.15, 0.2) is 18.5 Å². The number of ether oxygens (including phenoxy) is 1. The van der Waals surface area contributed by atoms with Crippen molar-refractivity contribution in [3.05, 3.63) is 24.0 Å². The number of rotatable bonds is 10. The molecule has 0 bridgehead atoms. The Balaban J connectivity index is 2.21. The monoisotopic (exact) mass is 407 g/mol. The second kappa shape index (κ2) is 9.54. The summed E-state index contributed by atoms with van der Waals surface area (Å²) in [6.45, 7) is 6.94. The number of carboxylic acids is 1. The van der Waals surface area contributed by atoms with Gasteiger partial charge >= 0.3 is 5.97 Å². The number of amides is 1. The number of nitrogens with one attached hydrogen (secondary N) is 1. The number of hydrogen-bond donors (Lipinski definition) is 2. The summed E-state index contributed by atoms with van der Waals surface area (Å²) in [6, 6.07) is 0.191. The number of carbonyl (C=O) groups excluding carboxylic acids is 2. The van der Waals surface area contributed by atoms with Crippen LogP contribution in [0.2, 0.25) is 0 Å². The number of aromatic carboxylic acids is 1. The van der Waals surface area contributed by atoms with Crippen molar-refractivity contribution in [1.29, 1.82) is 0 Å². The Morgan fingerprint density at radius 3 is 2.66 bits per heavy atom. The van der Waals surface area contributed by atoms with Crippen molar-refractivity contribution in [2.24, 2.45) is 5.41 Å². The Morgan fingerprint density at radius 2 is 2.10 bits per heavy atom. The molecule has 0 radical (unpaired) electrons. The first-order valence-corrected chi connectivity index (χ1v) is 10.0. The molecule has 2 rings (SSSR count). The lowest BCUT2D eigenvalue weighted by atomic mass is 9.83. The summed E-state index contributed by atoms with van der Waals surface area (Å²) < 4.78 is 7.23. The Labute approximate surface area is 172 Å². The van der Waals surface area contributed by atoms with Gasteiger partial charge in [0.05, 0.1) is 11.7 Å². The molecule has 1 fully saturated rings. The molecule has 0 spiro atoms. The molecule has 2 heterocycles. The highest BCUT2D eigenvalue weighted by Gasteiger charge is 2.39. The summed E-state index contributed by atoms with van der Waals surface area (Å²) in [5.41, 5.74) is -0.00265. The fourth-order valence-corrected chi connectivity index (χ4v) is 3.38. The summed E-state index contributed by atoms with van der Waals surface area (Å²) >= 11 is 0. The van der Waals surface area contributed by atoms with Gasteiger partial charge in [-0.1, -0.05) is 27.2 Å². The fraction of sp³-hybridized carbons (Fsp3) is 0.667. The standard InChI is InChI=1S/C21H33N3O5/c1-6-21(2,3)11-15(24-10-7-14(12-24)20(27)28)19(26)22-18-16(25)13-29-17(18)8-9-23(4)5/h7,10,12,15,17-18H,6,8-9,11,13H2,1-5H3,(H,22,26)(H,27,28).